The fourth-order valence-electron chi connectivity index (χ4n) is 5.51. The van der Waals surface area contributed by atoms with Crippen molar-refractivity contribution in [3.05, 3.63) is 35.0 Å². The van der Waals surface area contributed by atoms with Gasteiger partial charge in [0.1, 0.15) is 0 Å². The van der Waals surface area contributed by atoms with E-state index in [1.807, 2.05) is 25.7 Å². The number of carbonyl (C=O) groups is 1. The monoisotopic (exact) mass is 398 g/mol. The molecule has 29 heavy (non-hydrogen) atoms. The molecule has 1 aliphatic heterocycles. The van der Waals surface area contributed by atoms with Crippen LogP contribution in [0.1, 0.15) is 63.0 Å². The lowest BCUT2D eigenvalue weighted by atomic mass is 9.73. The number of carbonyl (C=O) groups excluding carboxylic acids is 1. The van der Waals surface area contributed by atoms with Gasteiger partial charge in [0.15, 0.2) is 0 Å². The molecule has 1 aromatic carbocycles. The van der Waals surface area contributed by atoms with Crippen LogP contribution in [0, 0.1) is 0 Å². The highest BCUT2D eigenvalue weighted by atomic mass is 16.3. The smallest absolute Gasteiger partial charge is 0.317 e. The van der Waals surface area contributed by atoms with Crippen LogP contribution in [0.2, 0.25) is 0 Å². The molecule has 1 aromatic heterocycles. The topological polar surface area (TPSA) is 71.6 Å². The van der Waals surface area contributed by atoms with Gasteiger partial charge in [0.25, 0.3) is 0 Å². The van der Waals surface area contributed by atoms with Crippen molar-refractivity contribution in [2.24, 2.45) is 0 Å². The van der Waals surface area contributed by atoms with Gasteiger partial charge >= 0.3 is 6.03 Å². The first-order chi connectivity index (χ1) is 14.0. The summed E-state index contributed by atoms with van der Waals surface area (Å²) in [6, 6.07) is 7.06. The number of aliphatic hydroxyl groups excluding tert-OH is 1. The Morgan fingerprint density at radius 3 is 2.76 bits per heavy atom. The first-order valence-corrected chi connectivity index (χ1v) is 11.1. The normalized spacial score (nSPS) is 24.9. The minimum Gasteiger partial charge on any atom is -0.387 e. The van der Waals surface area contributed by atoms with Gasteiger partial charge in [0.2, 0.25) is 0 Å². The lowest BCUT2D eigenvalue weighted by Crippen LogP contribution is -2.57. The van der Waals surface area contributed by atoms with E-state index in [4.69, 9.17) is 0 Å². The highest BCUT2D eigenvalue weighted by Crippen LogP contribution is 2.45. The van der Waals surface area contributed by atoms with Gasteiger partial charge in [-0.2, -0.15) is 0 Å². The molecule has 0 spiro atoms. The van der Waals surface area contributed by atoms with Crippen LogP contribution >= 0.6 is 0 Å². The number of rotatable bonds is 5. The van der Waals surface area contributed by atoms with Crippen molar-refractivity contribution in [2.45, 2.75) is 64.6 Å². The van der Waals surface area contributed by atoms with Gasteiger partial charge in [0.05, 0.1) is 6.10 Å². The number of aliphatic hydroxyl groups is 1. The Bertz CT molecular complexity index is 886. The standard InChI is InChI=1S/C23H34N4O2/c1-5-26(6-2)23(29)24-15-11-17-16-9-8-10-19-21(16)18(22(25-19)14(4)28)12-20(17)27(7-3)13-15/h8-10,14-15,17,20,25,28H,5-7,11-13H2,1-4H3,(H,24,29)/t14?,15-,17?,20+/m0/s1. The molecule has 0 saturated carbocycles. The molecular weight excluding hydrogens is 364 g/mol. The lowest BCUT2D eigenvalue weighted by Gasteiger charge is -2.47. The fraction of sp³-hybridized carbons (Fsp3) is 0.609. The molecule has 4 atom stereocenters. The molecule has 1 aliphatic carbocycles. The average molecular weight is 399 g/mol. The van der Waals surface area contributed by atoms with Gasteiger partial charge in [-0.25, -0.2) is 4.79 Å². The van der Waals surface area contributed by atoms with E-state index >= 15 is 0 Å². The van der Waals surface area contributed by atoms with Crippen molar-refractivity contribution in [1.82, 2.24) is 20.1 Å². The average Bonchev–Trinajstić information content (AvgIpc) is 3.09. The van der Waals surface area contributed by atoms with Crippen LogP contribution < -0.4 is 5.32 Å². The van der Waals surface area contributed by atoms with Crippen LogP contribution in [0.5, 0.6) is 0 Å². The number of hydrogen-bond donors (Lipinski definition) is 3. The number of H-pyrrole nitrogens is 1. The lowest BCUT2D eigenvalue weighted by molar-refractivity contribution is 0.102. The molecule has 1 fully saturated rings. The summed E-state index contributed by atoms with van der Waals surface area (Å²) in [4.78, 5) is 20.5. The third kappa shape index (κ3) is 3.42. The van der Waals surface area contributed by atoms with Crippen molar-refractivity contribution in [3.8, 4) is 0 Å². The Labute approximate surface area is 173 Å². The van der Waals surface area contributed by atoms with Gasteiger partial charge in [-0.05, 0) is 57.4 Å². The van der Waals surface area contributed by atoms with Gasteiger partial charge in [-0.1, -0.05) is 19.1 Å². The van der Waals surface area contributed by atoms with E-state index < -0.39 is 6.10 Å². The Morgan fingerprint density at radius 1 is 1.34 bits per heavy atom. The second kappa shape index (κ2) is 8.00. The van der Waals surface area contributed by atoms with Crippen LogP contribution in [0.25, 0.3) is 10.9 Å². The van der Waals surface area contributed by atoms with Gasteiger partial charge in [-0.3, -0.25) is 4.90 Å². The van der Waals surface area contributed by atoms with Crippen LogP contribution in [-0.4, -0.2) is 64.2 Å². The van der Waals surface area contributed by atoms with Crippen molar-refractivity contribution < 1.29 is 9.90 Å². The highest BCUT2D eigenvalue weighted by molar-refractivity contribution is 5.90. The summed E-state index contributed by atoms with van der Waals surface area (Å²) in [6.07, 6.45) is 1.41. The predicted molar refractivity (Wildman–Crippen MR) is 116 cm³/mol. The van der Waals surface area contributed by atoms with Crippen molar-refractivity contribution >= 4 is 16.9 Å². The molecule has 0 radical (unpaired) electrons. The van der Waals surface area contributed by atoms with E-state index in [1.54, 1.807) is 0 Å². The van der Waals surface area contributed by atoms with Crippen LogP contribution in [0.4, 0.5) is 4.79 Å². The molecular formula is C23H34N4O2. The Hall–Kier alpha value is -2.05. The predicted octanol–water partition coefficient (Wildman–Crippen LogP) is 3.38. The molecule has 2 amide bonds. The van der Waals surface area contributed by atoms with Crippen LogP contribution in [-0.2, 0) is 6.42 Å². The number of nitrogens with zero attached hydrogens (tertiary/aromatic N) is 2. The number of urea groups is 1. The van der Waals surface area contributed by atoms with Crippen molar-refractivity contribution in [1.29, 1.82) is 0 Å². The maximum atomic E-state index is 12.7. The summed E-state index contributed by atoms with van der Waals surface area (Å²) in [5.41, 5.74) is 4.70. The number of nitrogens with one attached hydrogen (secondary N) is 2. The first-order valence-electron chi connectivity index (χ1n) is 11.1. The molecule has 1 saturated heterocycles. The molecule has 0 bridgehead atoms. The van der Waals surface area contributed by atoms with Crippen LogP contribution in [0.15, 0.2) is 18.2 Å². The summed E-state index contributed by atoms with van der Waals surface area (Å²) < 4.78 is 0. The summed E-state index contributed by atoms with van der Waals surface area (Å²) in [6.45, 7) is 11.4. The quantitative estimate of drug-likeness (QED) is 0.723. The number of piperidine rings is 1. The summed E-state index contributed by atoms with van der Waals surface area (Å²) >= 11 is 0. The van der Waals surface area contributed by atoms with E-state index in [0.717, 1.165) is 50.2 Å². The zero-order chi connectivity index (χ0) is 20.7. The van der Waals surface area contributed by atoms with E-state index in [0.29, 0.717) is 12.0 Å². The minimum atomic E-state index is -0.499. The molecule has 2 aliphatic rings. The molecule has 2 heterocycles. The molecule has 3 N–H and O–H groups in total. The SMILES string of the molecule is CCN(CC)C(=O)N[C@H]1CC2c3cccc4[nH]c(C(C)O)c(c34)C[C@H]2N(CC)C1. The summed E-state index contributed by atoms with van der Waals surface area (Å²) in [5, 5.41) is 14.9. The number of hydrogen-bond acceptors (Lipinski definition) is 3. The molecule has 6 heteroatoms. The number of likely N-dealkylation sites (N-methyl/N-ethyl adjacent to an activating group) is 1. The Morgan fingerprint density at radius 2 is 2.10 bits per heavy atom. The Balaban J connectivity index is 1.68. The van der Waals surface area contributed by atoms with E-state index in [2.05, 4.69) is 40.3 Å². The number of amides is 2. The van der Waals surface area contributed by atoms with Crippen LogP contribution in [0.3, 0.4) is 0 Å². The Kier molecular flexibility index (Phi) is 5.58. The summed E-state index contributed by atoms with van der Waals surface area (Å²) in [7, 11) is 0. The zero-order valence-electron chi connectivity index (χ0n) is 18.0. The first kappa shape index (κ1) is 20.2. The largest absolute Gasteiger partial charge is 0.387 e. The second-order valence-corrected chi connectivity index (χ2v) is 8.48. The molecule has 2 aromatic rings. The number of likely N-dealkylation sites (tertiary alicyclic amines) is 1. The molecule has 2 unspecified atom stereocenters. The molecule has 4 rings (SSSR count). The van der Waals surface area contributed by atoms with Crippen molar-refractivity contribution in [2.75, 3.05) is 26.2 Å². The maximum absolute atomic E-state index is 12.7. The molecule has 158 valence electrons. The van der Waals surface area contributed by atoms with E-state index in [9.17, 15) is 9.90 Å². The van der Waals surface area contributed by atoms with Gasteiger partial charge in [0, 0.05) is 54.2 Å². The molecule has 6 nitrogen and oxygen atoms in total. The minimum absolute atomic E-state index is 0.0437. The van der Waals surface area contributed by atoms with Crippen molar-refractivity contribution in [3.63, 3.8) is 0 Å². The number of benzene rings is 1. The van der Waals surface area contributed by atoms with E-state index in [1.165, 1.54) is 16.5 Å². The van der Waals surface area contributed by atoms with E-state index in [-0.39, 0.29) is 12.1 Å². The number of aromatic amines is 1. The van der Waals surface area contributed by atoms with Gasteiger partial charge in [-0.15, -0.1) is 0 Å². The fourth-order valence-corrected chi connectivity index (χ4v) is 5.51. The highest BCUT2D eigenvalue weighted by Gasteiger charge is 2.41. The second-order valence-electron chi connectivity index (χ2n) is 8.48. The van der Waals surface area contributed by atoms with Gasteiger partial charge < -0.3 is 20.3 Å². The third-order valence-electron chi connectivity index (χ3n) is 6.93. The summed E-state index contributed by atoms with van der Waals surface area (Å²) in [5.74, 6) is 0.388. The third-order valence-corrected chi connectivity index (χ3v) is 6.93. The number of fused-ring (bicyclic) bond motifs is 2. The maximum Gasteiger partial charge on any atom is 0.317 e. The number of aromatic nitrogens is 1. The zero-order valence-corrected chi connectivity index (χ0v) is 18.0.